The van der Waals surface area contributed by atoms with Gasteiger partial charge in [-0.05, 0) is 38.0 Å². The second-order valence-corrected chi connectivity index (χ2v) is 5.70. The number of piperidine rings is 1. The first-order valence-electron chi connectivity index (χ1n) is 7.43. The summed E-state index contributed by atoms with van der Waals surface area (Å²) >= 11 is 0. The molecular formula is C14H24N2O3. The minimum Gasteiger partial charge on any atom is -0.480 e. The molecule has 0 aromatic carbocycles. The molecule has 0 aromatic heterocycles. The first kappa shape index (κ1) is 14.2. The first-order valence-corrected chi connectivity index (χ1v) is 7.43. The first-order chi connectivity index (χ1) is 9.13. The van der Waals surface area contributed by atoms with Crippen LogP contribution >= 0.6 is 0 Å². The zero-order valence-corrected chi connectivity index (χ0v) is 11.6. The predicted octanol–water partition coefficient (Wildman–Crippen LogP) is 2.21. The van der Waals surface area contributed by atoms with Crippen molar-refractivity contribution in [3.63, 3.8) is 0 Å². The van der Waals surface area contributed by atoms with Crippen LogP contribution in [-0.4, -0.2) is 40.6 Å². The molecule has 5 heteroatoms. The number of carboxylic acids is 1. The number of rotatable bonds is 3. The number of carbonyl (C=O) groups excluding carboxylic acids is 1. The average molecular weight is 268 g/mol. The van der Waals surface area contributed by atoms with Crippen molar-refractivity contribution in [1.82, 2.24) is 10.2 Å². The van der Waals surface area contributed by atoms with Crippen molar-refractivity contribution in [2.45, 2.75) is 64.0 Å². The number of hydrogen-bond acceptors (Lipinski definition) is 2. The lowest BCUT2D eigenvalue weighted by atomic mass is 9.78. The second-order valence-electron chi connectivity index (χ2n) is 5.70. The summed E-state index contributed by atoms with van der Waals surface area (Å²) in [5.74, 6) is -0.328. The van der Waals surface area contributed by atoms with Crippen molar-refractivity contribution in [2.24, 2.45) is 5.92 Å². The molecule has 2 aliphatic rings. The Morgan fingerprint density at radius 2 is 1.95 bits per heavy atom. The van der Waals surface area contributed by atoms with Gasteiger partial charge >= 0.3 is 12.0 Å². The number of nitrogens with one attached hydrogen (secondary N) is 1. The monoisotopic (exact) mass is 268 g/mol. The Morgan fingerprint density at radius 1 is 1.26 bits per heavy atom. The number of hydrogen-bond donors (Lipinski definition) is 2. The van der Waals surface area contributed by atoms with Gasteiger partial charge in [0, 0.05) is 12.6 Å². The third kappa shape index (κ3) is 3.19. The molecular weight excluding hydrogens is 244 g/mol. The van der Waals surface area contributed by atoms with Gasteiger partial charge in [-0.2, -0.15) is 0 Å². The van der Waals surface area contributed by atoms with Crippen LogP contribution in [0.2, 0.25) is 0 Å². The molecule has 108 valence electrons. The van der Waals surface area contributed by atoms with E-state index < -0.39 is 12.0 Å². The number of fused-ring (bicyclic) bond motifs is 1. The maximum Gasteiger partial charge on any atom is 0.326 e. The lowest BCUT2D eigenvalue weighted by Crippen LogP contribution is -2.55. The normalized spacial score (nSPS) is 28.4. The van der Waals surface area contributed by atoms with Gasteiger partial charge in [-0.25, -0.2) is 9.59 Å². The van der Waals surface area contributed by atoms with Gasteiger partial charge in [0.05, 0.1) is 0 Å². The number of aliphatic carboxylic acids is 1. The number of likely N-dealkylation sites (tertiary alicyclic amines) is 1. The minimum absolute atomic E-state index is 0.189. The van der Waals surface area contributed by atoms with Crippen LogP contribution in [0.4, 0.5) is 4.79 Å². The minimum atomic E-state index is -0.951. The maximum absolute atomic E-state index is 12.3. The van der Waals surface area contributed by atoms with Gasteiger partial charge in [-0.1, -0.05) is 19.8 Å². The van der Waals surface area contributed by atoms with Crippen LogP contribution in [-0.2, 0) is 4.79 Å². The number of carbonyl (C=O) groups is 2. The fourth-order valence-corrected chi connectivity index (χ4v) is 3.45. The van der Waals surface area contributed by atoms with E-state index in [4.69, 9.17) is 5.11 Å². The second kappa shape index (κ2) is 6.26. The Bertz CT molecular complexity index is 344. The SMILES string of the molecule is CC[C@@H](NC(=O)N1CCCC2CCCCC21)C(=O)O. The molecule has 1 aliphatic carbocycles. The van der Waals surface area contributed by atoms with Crippen LogP contribution in [0.5, 0.6) is 0 Å². The summed E-state index contributed by atoms with van der Waals surface area (Å²) < 4.78 is 0. The quantitative estimate of drug-likeness (QED) is 0.824. The molecule has 2 fully saturated rings. The van der Waals surface area contributed by atoms with Crippen LogP contribution in [0.25, 0.3) is 0 Å². The zero-order chi connectivity index (χ0) is 13.8. The van der Waals surface area contributed by atoms with Crippen molar-refractivity contribution in [2.75, 3.05) is 6.54 Å². The van der Waals surface area contributed by atoms with E-state index in [-0.39, 0.29) is 6.03 Å². The molecule has 19 heavy (non-hydrogen) atoms. The van der Waals surface area contributed by atoms with Crippen LogP contribution in [0.3, 0.4) is 0 Å². The Balaban J connectivity index is 1.98. The van der Waals surface area contributed by atoms with Gasteiger partial charge in [-0.15, -0.1) is 0 Å². The fourth-order valence-electron chi connectivity index (χ4n) is 3.45. The highest BCUT2D eigenvalue weighted by Gasteiger charge is 2.36. The summed E-state index contributed by atoms with van der Waals surface area (Å²) in [6.07, 6.45) is 7.41. The highest BCUT2D eigenvalue weighted by atomic mass is 16.4. The largest absolute Gasteiger partial charge is 0.480 e. The smallest absolute Gasteiger partial charge is 0.326 e. The molecule has 1 saturated carbocycles. The Hall–Kier alpha value is -1.26. The van der Waals surface area contributed by atoms with Gasteiger partial charge < -0.3 is 15.3 Å². The molecule has 5 nitrogen and oxygen atoms in total. The molecule has 0 aromatic rings. The summed E-state index contributed by atoms with van der Waals surface area (Å²) in [5, 5.41) is 11.7. The van der Waals surface area contributed by atoms with Gasteiger partial charge in [-0.3, -0.25) is 0 Å². The van der Waals surface area contributed by atoms with Crippen LogP contribution < -0.4 is 5.32 Å². The van der Waals surface area contributed by atoms with E-state index >= 15 is 0 Å². The molecule has 1 aliphatic heterocycles. The molecule has 2 unspecified atom stereocenters. The number of urea groups is 1. The van der Waals surface area contributed by atoms with E-state index in [1.54, 1.807) is 6.92 Å². The lowest BCUT2D eigenvalue weighted by Gasteiger charge is -2.44. The van der Waals surface area contributed by atoms with Crippen molar-refractivity contribution >= 4 is 12.0 Å². The maximum atomic E-state index is 12.3. The van der Waals surface area contributed by atoms with Crippen LogP contribution in [0.15, 0.2) is 0 Å². The Morgan fingerprint density at radius 3 is 2.63 bits per heavy atom. The van der Waals surface area contributed by atoms with Crippen LogP contribution in [0.1, 0.15) is 51.9 Å². The Kier molecular flexibility index (Phi) is 4.66. The highest BCUT2D eigenvalue weighted by Crippen LogP contribution is 2.35. The van der Waals surface area contributed by atoms with Gasteiger partial charge in [0.25, 0.3) is 0 Å². The van der Waals surface area contributed by atoms with Gasteiger partial charge in [0.1, 0.15) is 6.04 Å². The standard InChI is InChI=1S/C14H24N2O3/c1-2-11(13(17)18)15-14(19)16-9-5-7-10-6-3-4-8-12(10)16/h10-12H,2-9H2,1H3,(H,15,19)(H,17,18)/t10?,11-,12?/m1/s1. The van der Waals surface area contributed by atoms with E-state index in [2.05, 4.69) is 5.32 Å². The van der Waals surface area contributed by atoms with E-state index in [0.717, 1.165) is 19.4 Å². The summed E-state index contributed by atoms with van der Waals surface area (Å²) in [7, 11) is 0. The number of amides is 2. The summed E-state index contributed by atoms with van der Waals surface area (Å²) in [4.78, 5) is 25.2. The van der Waals surface area contributed by atoms with E-state index in [9.17, 15) is 9.59 Å². The predicted molar refractivity (Wildman–Crippen MR) is 71.9 cm³/mol. The lowest BCUT2D eigenvalue weighted by molar-refractivity contribution is -0.139. The van der Waals surface area contributed by atoms with Gasteiger partial charge in [0.2, 0.25) is 0 Å². The van der Waals surface area contributed by atoms with Crippen molar-refractivity contribution in [3.8, 4) is 0 Å². The molecule has 1 saturated heterocycles. The van der Waals surface area contributed by atoms with Crippen LogP contribution in [0, 0.1) is 5.92 Å². The van der Waals surface area contributed by atoms with E-state index in [1.165, 1.54) is 25.7 Å². The van der Waals surface area contributed by atoms with Crippen molar-refractivity contribution in [1.29, 1.82) is 0 Å². The average Bonchev–Trinajstić information content (AvgIpc) is 2.43. The molecule has 1 heterocycles. The summed E-state index contributed by atoms with van der Waals surface area (Å²) in [5.41, 5.74) is 0. The molecule has 0 radical (unpaired) electrons. The highest BCUT2D eigenvalue weighted by molar-refractivity contribution is 5.82. The van der Waals surface area contributed by atoms with E-state index in [0.29, 0.717) is 18.4 Å². The molecule has 0 spiro atoms. The molecule has 3 atom stereocenters. The number of nitrogens with zero attached hydrogens (tertiary/aromatic N) is 1. The van der Waals surface area contributed by atoms with Gasteiger partial charge in [0.15, 0.2) is 0 Å². The molecule has 2 rings (SSSR count). The van der Waals surface area contributed by atoms with E-state index in [1.807, 2.05) is 4.90 Å². The topological polar surface area (TPSA) is 69.6 Å². The third-order valence-electron chi connectivity index (χ3n) is 4.51. The number of carboxylic acid groups (broad SMARTS) is 1. The van der Waals surface area contributed by atoms with Crippen molar-refractivity contribution < 1.29 is 14.7 Å². The summed E-state index contributed by atoms with van der Waals surface area (Å²) in [6.45, 7) is 2.54. The molecule has 2 amide bonds. The fraction of sp³-hybridized carbons (Fsp3) is 0.857. The summed E-state index contributed by atoms with van der Waals surface area (Å²) in [6, 6.07) is -0.629. The van der Waals surface area contributed by atoms with Crippen molar-refractivity contribution in [3.05, 3.63) is 0 Å². The third-order valence-corrected chi connectivity index (χ3v) is 4.51. The molecule has 0 bridgehead atoms. The molecule has 2 N–H and O–H groups in total. The Labute approximate surface area is 114 Å². The zero-order valence-electron chi connectivity index (χ0n) is 11.6.